The second-order valence-electron chi connectivity index (χ2n) is 8.16. The summed E-state index contributed by atoms with van der Waals surface area (Å²) in [5.41, 5.74) is 8.73. The molecule has 1 aliphatic heterocycles. The highest BCUT2D eigenvalue weighted by Crippen LogP contribution is 2.51. The Morgan fingerprint density at radius 2 is 1.84 bits per heavy atom. The van der Waals surface area contributed by atoms with Crippen molar-refractivity contribution < 1.29 is 9.59 Å². The van der Waals surface area contributed by atoms with E-state index in [9.17, 15) is 9.59 Å². The fourth-order valence-electron chi connectivity index (χ4n) is 4.39. The van der Waals surface area contributed by atoms with Crippen molar-refractivity contribution in [3.8, 4) is 6.07 Å². The highest BCUT2D eigenvalue weighted by Gasteiger charge is 2.53. The van der Waals surface area contributed by atoms with E-state index in [4.69, 9.17) is 11.0 Å². The van der Waals surface area contributed by atoms with Crippen LogP contribution in [0.3, 0.4) is 0 Å². The Balaban J connectivity index is 1.77. The fraction of sp³-hybridized carbons (Fsp3) is 0.375. The van der Waals surface area contributed by atoms with Crippen LogP contribution >= 0.6 is 0 Å². The van der Waals surface area contributed by atoms with Gasteiger partial charge in [-0.15, -0.1) is 0 Å². The molecule has 7 nitrogen and oxygen atoms in total. The Kier molecular flexibility index (Phi) is 5.66. The van der Waals surface area contributed by atoms with E-state index in [0.29, 0.717) is 16.9 Å². The van der Waals surface area contributed by atoms with Crippen LogP contribution in [0.25, 0.3) is 0 Å². The number of carbonyl (C=O) groups is 2. The molecule has 2 aromatic carbocycles. The minimum atomic E-state index is -0.493. The molecule has 2 aliphatic rings. The van der Waals surface area contributed by atoms with Gasteiger partial charge >= 0.3 is 0 Å². The Hall–Kier alpha value is -3.37. The predicted octanol–water partition coefficient (Wildman–Crippen LogP) is 2.88. The number of carbonyl (C=O) groups excluding carboxylic acids is 2. The second-order valence-corrected chi connectivity index (χ2v) is 8.16. The van der Waals surface area contributed by atoms with Gasteiger partial charge < -0.3 is 16.0 Å². The van der Waals surface area contributed by atoms with Crippen molar-refractivity contribution in [2.24, 2.45) is 5.73 Å². The van der Waals surface area contributed by atoms with Gasteiger partial charge in [-0.1, -0.05) is 6.07 Å². The molecule has 1 heterocycles. The number of likely N-dealkylation sites (tertiary alicyclic amines) is 1. The van der Waals surface area contributed by atoms with Crippen LogP contribution in [0.4, 0.5) is 17.1 Å². The van der Waals surface area contributed by atoms with E-state index in [0.717, 1.165) is 50.0 Å². The number of hydrogen-bond donors (Lipinski definition) is 2. The third-order valence-corrected chi connectivity index (χ3v) is 6.29. The van der Waals surface area contributed by atoms with Crippen LogP contribution in [0.2, 0.25) is 0 Å². The van der Waals surface area contributed by atoms with Crippen LogP contribution in [0, 0.1) is 11.3 Å². The first kappa shape index (κ1) is 20.9. The number of nitrogens with zero attached hydrogens (tertiary/aromatic N) is 3. The third kappa shape index (κ3) is 3.75. The van der Waals surface area contributed by atoms with Gasteiger partial charge in [0.1, 0.15) is 0 Å². The number of nitrogens with two attached hydrogens (primary N) is 1. The zero-order valence-corrected chi connectivity index (χ0v) is 17.7. The molecule has 0 atom stereocenters. The molecule has 1 saturated carbocycles. The molecule has 7 heteroatoms. The maximum absolute atomic E-state index is 13.3. The van der Waals surface area contributed by atoms with Gasteiger partial charge in [0.25, 0.3) is 0 Å². The number of anilines is 3. The van der Waals surface area contributed by atoms with Crippen molar-refractivity contribution in [1.82, 2.24) is 4.90 Å². The molecule has 160 valence electrons. The van der Waals surface area contributed by atoms with E-state index >= 15 is 0 Å². The molecule has 2 aromatic rings. The first-order chi connectivity index (χ1) is 15.0. The van der Waals surface area contributed by atoms with E-state index in [-0.39, 0.29) is 18.4 Å². The van der Waals surface area contributed by atoms with Gasteiger partial charge in [-0.2, -0.15) is 5.26 Å². The van der Waals surface area contributed by atoms with E-state index in [1.807, 2.05) is 23.1 Å². The van der Waals surface area contributed by atoms with Crippen molar-refractivity contribution in [3.05, 3.63) is 53.6 Å². The number of hydrogen-bond acceptors (Lipinski definition) is 5. The lowest BCUT2D eigenvalue weighted by Gasteiger charge is -2.28. The summed E-state index contributed by atoms with van der Waals surface area (Å²) in [5, 5.41) is 12.2. The Bertz CT molecular complexity index is 1030. The molecule has 1 aliphatic carbocycles. The zero-order chi connectivity index (χ0) is 22.0. The first-order valence-electron chi connectivity index (χ1n) is 10.7. The van der Waals surface area contributed by atoms with Gasteiger partial charge in [-0.25, -0.2) is 0 Å². The molecule has 2 fully saturated rings. The van der Waals surface area contributed by atoms with Crippen LogP contribution < -0.4 is 16.0 Å². The van der Waals surface area contributed by atoms with Gasteiger partial charge in [0.05, 0.1) is 35.0 Å². The van der Waals surface area contributed by atoms with Crippen LogP contribution in [0.15, 0.2) is 42.5 Å². The van der Waals surface area contributed by atoms with Gasteiger partial charge in [-0.3, -0.25) is 14.5 Å². The lowest BCUT2D eigenvalue weighted by Crippen LogP contribution is -2.37. The van der Waals surface area contributed by atoms with Gasteiger partial charge in [0.15, 0.2) is 0 Å². The normalized spacial score (nSPS) is 16.5. The van der Waals surface area contributed by atoms with Gasteiger partial charge in [0, 0.05) is 25.8 Å². The quantitative estimate of drug-likeness (QED) is 0.752. The van der Waals surface area contributed by atoms with Crippen molar-refractivity contribution in [2.75, 3.05) is 36.9 Å². The summed E-state index contributed by atoms with van der Waals surface area (Å²) in [6.45, 7) is 1.49. The number of benzene rings is 2. The minimum Gasteiger partial charge on any atom is -0.386 e. The topological polar surface area (TPSA) is 102 Å². The number of amides is 2. The average molecular weight is 418 g/mol. The van der Waals surface area contributed by atoms with E-state index in [1.54, 1.807) is 36.2 Å². The summed E-state index contributed by atoms with van der Waals surface area (Å²) >= 11 is 0. The number of nitrogens with one attached hydrogen (secondary N) is 1. The minimum absolute atomic E-state index is 0.161. The van der Waals surface area contributed by atoms with Gasteiger partial charge in [-0.05, 0) is 67.6 Å². The Morgan fingerprint density at radius 1 is 1.16 bits per heavy atom. The summed E-state index contributed by atoms with van der Waals surface area (Å²) in [6, 6.07) is 14.8. The van der Waals surface area contributed by atoms with Crippen molar-refractivity contribution >= 4 is 28.9 Å². The lowest BCUT2D eigenvalue weighted by molar-refractivity contribution is -0.132. The second kappa shape index (κ2) is 8.40. The Morgan fingerprint density at radius 3 is 2.39 bits per heavy atom. The molecule has 0 unspecified atom stereocenters. The maximum Gasteiger partial charge on any atom is 0.245 e. The van der Waals surface area contributed by atoms with Crippen LogP contribution in [-0.2, 0) is 15.0 Å². The van der Waals surface area contributed by atoms with Crippen molar-refractivity contribution in [3.63, 3.8) is 0 Å². The molecule has 0 bridgehead atoms. The largest absolute Gasteiger partial charge is 0.386 e. The van der Waals surface area contributed by atoms with E-state index in [1.165, 1.54) is 0 Å². The molecule has 0 radical (unpaired) electrons. The monoisotopic (exact) mass is 417 g/mol. The molecule has 1 saturated heterocycles. The highest BCUT2D eigenvalue weighted by atomic mass is 16.2. The SMILES string of the molecule is CNc1ccc(C2(C(=O)N3CCCC3)CC2)cc1N(C(=O)CN)c1ccc(C#N)cc1. The molecule has 31 heavy (non-hydrogen) atoms. The lowest BCUT2D eigenvalue weighted by atomic mass is 9.93. The molecule has 2 amide bonds. The van der Waals surface area contributed by atoms with Crippen LogP contribution in [-0.4, -0.2) is 43.4 Å². The average Bonchev–Trinajstić information content (AvgIpc) is 3.44. The summed E-state index contributed by atoms with van der Waals surface area (Å²) in [6.07, 6.45) is 3.76. The molecule has 0 spiro atoms. The smallest absolute Gasteiger partial charge is 0.245 e. The summed E-state index contributed by atoms with van der Waals surface area (Å²) in [5.74, 6) is -0.0719. The summed E-state index contributed by atoms with van der Waals surface area (Å²) < 4.78 is 0. The molecular formula is C24H27N5O2. The molecule has 0 aromatic heterocycles. The van der Waals surface area contributed by atoms with E-state index in [2.05, 4.69) is 11.4 Å². The predicted molar refractivity (Wildman–Crippen MR) is 120 cm³/mol. The van der Waals surface area contributed by atoms with E-state index < -0.39 is 5.41 Å². The first-order valence-corrected chi connectivity index (χ1v) is 10.7. The highest BCUT2D eigenvalue weighted by molar-refractivity contribution is 6.04. The number of nitriles is 1. The van der Waals surface area contributed by atoms with Crippen LogP contribution in [0.5, 0.6) is 0 Å². The summed E-state index contributed by atoms with van der Waals surface area (Å²) in [7, 11) is 1.80. The van der Waals surface area contributed by atoms with Crippen LogP contribution in [0.1, 0.15) is 36.8 Å². The van der Waals surface area contributed by atoms with Crippen molar-refractivity contribution in [1.29, 1.82) is 5.26 Å². The molecular weight excluding hydrogens is 390 g/mol. The van der Waals surface area contributed by atoms with Gasteiger partial charge in [0.2, 0.25) is 11.8 Å². The fourth-order valence-corrected chi connectivity index (χ4v) is 4.39. The maximum atomic E-state index is 13.3. The Labute approximate surface area is 182 Å². The van der Waals surface area contributed by atoms with Crippen molar-refractivity contribution in [2.45, 2.75) is 31.1 Å². The zero-order valence-electron chi connectivity index (χ0n) is 17.7. The number of rotatable bonds is 6. The molecule has 3 N–H and O–H groups in total. The standard InChI is InChI=1S/C24H27N5O2/c1-27-20-9-6-18(24(10-11-24)23(31)28-12-2-3-13-28)14-21(20)29(22(30)16-26)19-7-4-17(15-25)5-8-19/h4-9,14,27H,2-3,10-13,16,26H2,1H3. The summed E-state index contributed by atoms with van der Waals surface area (Å²) in [4.78, 5) is 29.7. The third-order valence-electron chi connectivity index (χ3n) is 6.29. The molecule has 4 rings (SSSR count).